The molecule has 2 aromatic rings. The maximum absolute atomic E-state index is 13.0. The fourth-order valence-electron chi connectivity index (χ4n) is 1.92. The van der Waals surface area contributed by atoms with Gasteiger partial charge in [-0.15, -0.1) is 0 Å². The first kappa shape index (κ1) is 14.2. The first-order valence-electron chi connectivity index (χ1n) is 6.34. The standard InChI is InChI=1S/C14H15FN2O3/c1-2-9-16-14(10-3-5-11(15)6-4-10)12-7-8-13(20-12)17(18)19/h3-8,14,16H,2,9H2,1H3. The summed E-state index contributed by atoms with van der Waals surface area (Å²) in [4.78, 5) is 10.1. The molecule has 1 aromatic heterocycles. The third kappa shape index (κ3) is 3.21. The maximum Gasteiger partial charge on any atom is 0.433 e. The maximum atomic E-state index is 13.0. The van der Waals surface area contributed by atoms with Crippen molar-refractivity contribution in [3.05, 3.63) is 63.7 Å². The second kappa shape index (κ2) is 6.29. The Bertz CT molecular complexity index is 580. The largest absolute Gasteiger partial charge is 0.433 e. The predicted molar refractivity (Wildman–Crippen MR) is 71.9 cm³/mol. The van der Waals surface area contributed by atoms with Gasteiger partial charge in [0.05, 0.1) is 12.1 Å². The van der Waals surface area contributed by atoms with Crippen LogP contribution in [-0.4, -0.2) is 11.5 Å². The van der Waals surface area contributed by atoms with Crippen LogP contribution in [0.15, 0.2) is 40.8 Å². The van der Waals surface area contributed by atoms with Crippen molar-refractivity contribution in [3.63, 3.8) is 0 Å². The second-order valence-electron chi connectivity index (χ2n) is 4.37. The molecule has 20 heavy (non-hydrogen) atoms. The first-order valence-corrected chi connectivity index (χ1v) is 6.34. The highest BCUT2D eigenvalue weighted by Gasteiger charge is 2.20. The van der Waals surface area contributed by atoms with E-state index in [9.17, 15) is 14.5 Å². The van der Waals surface area contributed by atoms with Gasteiger partial charge in [0.2, 0.25) is 0 Å². The highest BCUT2D eigenvalue weighted by molar-refractivity contribution is 5.30. The number of nitrogens with one attached hydrogen (secondary N) is 1. The Morgan fingerprint density at radius 3 is 2.55 bits per heavy atom. The molecule has 0 aliphatic carbocycles. The lowest BCUT2D eigenvalue weighted by Gasteiger charge is -2.16. The molecule has 1 atom stereocenters. The van der Waals surface area contributed by atoms with E-state index >= 15 is 0 Å². The fraction of sp³-hybridized carbons (Fsp3) is 0.286. The monoisotopic (exact) mass is 278 g/mol. The molecule has 0 saturated heterocycles. The summed E-state index contributed by atoms with van der Waals surface area (Å²) in [7, 11) is 0. The van der Waals surface area contributed by atoms with Gasteiger partial charge in [-0.05, 0) is 36.7 Å². The summed E-state index contributed by atoms with van der Waals surface area (Å²) in [6.07, 6.45) is 0.903. The molecular weight excluding hydrogens is 263 g/mol. The van der Waals surface area contributed by atoms with Gasteiger partial charge < -0.3 is 9.73 Å². The van der Waals surface area contributed by atoms with E-state index in [0.29, 0.717) is 5.76 Å². The summed E-state index contributed by atoms with van der Waals surface area (Å²) in [6.45, 7) is 2.73. The second-order valence-corrected chi connectivity index (χ2v) is 4.37. The lowest BCUT2D eigenvalue weighted by molar-refractivity contribution is -0.402. The molecule has 0 spiro atoms. The van der Waals surface area contributed by atoms with Crippen molar-refractivity contribution < 1.29 is 13.7 Å². The van der Waals surface area contributed by atoms with Crippen LogP contribution in [0.2, 0.25) is 0 Å². The van der Waals surface area contributed by atoms with Gasteiger partial charge in [-0.1, -0.05) is 19.1 Å². The summed E-state index contributed by atoms with van der Waals surface area (Å²) in [5, 5.41) is 13.9. The van der Waals surface area contributed by atoms with Crippen LogP contribution in [-0.2, 0) is 0 Å². The van der Waals surface area contributed by atoms with Crippen molar-refractivity contribution in [1.82, 2.24) is 5.32 Å². The van der Waals surface area contributed by atoms with E-state index in [4.69, 9.17) is 4.42 Å². The highest BCUT2D eigenvalue weighted by Crippen LogP contribution is 2.27. The van der Waals surface area contributed by atoms with Crippen LogP contribution in [0.25, 0.3) is 0 Å². The van der Waals surface area contributed by atoms with Gasteiger partial charge in [0, 0.05) is 0 Å². The number of hydrogen-bond acceptors (Lipinski definition) is 4. The number of nitro groups is 1. The normalized spacial score (nSPS) is 12.3. The SMILES string of the molecule is CCCNC(c1ccc(F)cc1)c1ccc([N+](=O)[O-])o1. The lowest BCUT2D eigenvalue weighted by Crippen LogP contribution is -2.22. The van der Waals surface area contributed by atoms with E-state index in [0.717, 1.165) is 18.5 Å². The number of nitrogens with zero attached hydrogens (tertiary/aromatic N) is 1. The van der Waals surface area contributed by atoms with Gasteiger partial charge in [-0.2, -0.15) is 0 Å². The molecule has 5 nitrogen and oxygen atoms in total. The Morgan fingerprint density at radius 2 is 2.00 bits per heavy atom. The molecule has 6 heteroatoms. The molecule has 1 heterocycles. The van der Waals surface area contributed by atoms with Crippen LogP contribution in [0.1, 0.15) is 30.7 Å². The van der Waals surface area contributed by atoms with Gasteiger partial charge >= 0.3 is 5.88 Å². The van der Waals surface area contributed by atoms with Crippen LogP contribution < -0.4 is 5.32 Å². The summed E-state index contributed by atoms with van der Waals surface area (Å²) in [5.41, 5.74) is 0.795. The number of hydrogen-bond donors (Lipinski definition) is 1. The highest BCUT2D eigenvalue weighted by atomic mass is 19.1. The van der Waals surface area contributed by atoms with Gasteiger partial charge in [0.15, 0.2) is 0 Å². The quantitative estimate of drug-likeness (QED) is 0.649. The molecule has 2 rings (SSSR count). The summed E-state index contributed by atoms with van der Waals surface area (Å²) in [5.74, 6) is -0.185. The summed E-state index contributed by atoms with van der Waals surface area (Å²) < 4.78 is 18.2. The van der Waals surface area contributed by atoms with Gasteiger partial charge in [0.25, 0.3) is 0 Å². The molecule has 0 aliphatic heterocycles. The minimum absolute atomic E-state index is 0.301. The number of furan rings is 1. The third-order valence-electron chi connectivity index (χ3n) is 2.88. The van der Waals surface area contributed by atoms with E-state index in [-0.39, 0.29) is 17.7 Å². The fourth-order valence-corrected chi connectivity index (χ4v) is 1.92. The lowest BCUT2D eigenvalue weighted by atomic mass is 10.0. The molecule has 0 radical (unpaired) electrons. The molecule has 0 aliphatic rings. The average Bonchev–Trinajstić information content (AvgIpc) is 2.91. The Kier molecular flexibility index (Phi) is 4.47. The smallest absolute Gasteiger partial charge is 0.404 e. The summed E-state index contributed by atoms with van der Waals surface area (Å²) >= 11 is 0. The van der Waals surface area contributed by atoms with Crippen LogP contribution in [0, 0.1) is 15.9 Å². The zero-order valence-corrected chi connectivity index (χ0v) is 11.0. The Labute approximate surface area is 115 Å². The zero-order valence-electron chi connectivity index (χ0n) is 11.0. The van der Waals surface area contributed by atoms with Crippen molar-refractivity contribution in [2.75, 3.05) is 6.54 Å². The first-order chi connectivity index (χ1) is 9.61. The number of benzene rings is 1. The van der Waals surface area contributed by atoms with Crippen LogP contribution >= 0.6 is 0 Å². The number of rotatable bonds is 6. The van der Waals surface area contributed by atoms with E-state index in [1.807, 2.05) is 6.92 Å². The van der Waals surface area contributed by atoms with E-state index < -0.39 is 4.92 Å². The molecule has 0 saturated carbocycles. The van der Waals surface area contributed by atoms with Crippen molar-refractivity contribution in [1.29, 1.82) is 0 Å². The summed E-state index contributed by atoms with van der Waals surface area (Å²) in [6, 6.07) is 8.53. The molecule has 0 amide bonds. The third-order valence-corrected chi connectivity index (χ3v) is 2.88. The van der Waals surface area contributed by atoms with Crippen molar-refractivity contribution in [2.24, 2.45) is 0 Å². The predicted octanol–water partition coefficient (Wildman–Crippen LogP) is 3.42. The molecule has 1 aromatic carbocycles. The van der Waals surface area contributed by atoms with Crippen molar-refractivity contribution in [2.45, 2.75) is 19.4 Å². The van der Waals surface area contributed by atoms with E-state index in [1.54, 1.807) is 18.2 Å². The Hall–Kier alpha value is -2.21. The molecule has 1 unspecified atom stereocenters. The van der Waals surface area contributed by atoms with Crippen molar-refractivity contribution >= 4 is 5.88 Å². The van der Waals surface area contributed by atoms with E-state index in [1.165, 1.54) is 18.2 Å². The molecule has 0 bridgehead atoms. The molecule has 106 valence electrons. The number of halogens is 1. The van der Waals surface area contributed by atoms with Crippen LogP contribution in [0.3, 0.4) is 0 Å². The van der Waals surface area contributed by atoms with Crippen LogP contribution in [0.4, 0.5) is 10.3 Å². The topological polar surface area (TPSA) is 68.3 Å². The average molecular weight is 278 g/mol. The zero-order chi connectivity index (χ0) is 14.5. The van der Waals surface area contributed by atoms with E-state index in [2.05, 4.69) is 5.32 Å². The minimum Gasteiger partial charge on any atom is -0.404 e. The van der Waals surface area contributed by atoms with Crippen molar-refractivity contribution in [3.8, 4) is 0 Å². The van der Waals surface area contributed by atoms with Gasteiger partial charge in [-0.3, -0.25) is 10.1 Å². The molecule has 1 N–H and O–H groups in total. The minimum atomic E-state index is -0.578. The van der Waals surface area contributed by atoms with Gasteiger partial charge in [-0.25, -0.2) is 4.39 Å². The Morgan fingerprint density at radius 1 is 1.30 bits per heavy atom. The van der Waals surface area contributed by atoms with Crippen LogP contribution in [0.5, 0.6) is 0 Å². The Balaban J connectivity index is 2.30. The molecule has 0 fully saturated rings. The van der Waals surface area contributed by atoms with Gasteiger partial charge in [0.1, 0.15) is 16.5 Å². The molecular formula is C14H15FN2O3.